The Labute approximate surface area is 103 Å². The summed E-state index contributed by atoms with van der Waals surface area (Å²) in [6.07, 6.45) is -2.94. The molecular weight excluding hydrogens is 301 g/mol. The molecule has 0 saturated heterocycles. The Balaban J connectivity index is 2.22. The van der Waals surface area contributed by atoms with E-state index in [-0.39, 0.29) is 11.8 Å². The van der Waals surface area contributed by atoms with Crippen molar-refractivity contribution in [2.45, 2.75) is 6.18 Å². The van der Waals surface area contributed by atoms with Crippen molar-refractivity contribution in [1.29, 1.82) is 0 Å². The third-order valence-electron chi connectivity index (χ3n) is 1.90. The smallest absolute Gasteiger partial charge is 0.416 e. The summed E-state index contributed by atoms with van der Waals surface area (Å²) in [6, 6.07) is 4.71. The number of nitrogens with zero attached hydrogens (tertiary/aromatic N) is 1. The summed E-state index contributed by atoms with van der Waals surface area (Å²) in [7, 11) is 0. The number of aromatic amines is 1. The average Bonchev–Trinajstić information content (AvgIpc) is 2.63. The van der Waals surface area contributed by atoms with E-state index in [1.165, 1.54) is 18.3 Å². The lowest BCUT2D eigenvalue weighted by Gasteiger charge is -2.08. The summed E-state index contributed by atoms with van der Waals surface area (Å²) in [6.45, 7) is 0. The normalized spacial score (nSPS) is 11.5. The summed E-state index contributed by atoms with van der Waals surface area (Å²) in [5.41, 5.74) is -0.763. The van der Waals surface area contributed by atoms with E-state index in [9.17, 15) is 13.2 Å². The molecule has 0 aliphatic heterocycles. The number of benzene rings is 1. The first-order valence-electron chi connectivity index (χ1n) is 4.51. The van der Waals surface area contributed by atoms with E-state index in [4.69, 9.17) is 4.74 Å². The largest absolute Gasteiger partial charge is 0.426 e. The molecule has 0 unspecified atom stereocenters. The number of rotatable bonds is 2. The third kappa shape index (κ3) is 3.00. The highest BCUT2D eigenvalue weighted by atomic mass is 79.9. The predicted octanol–water partition coefficient (Wildman–Crippen LogP) is 3.98. The molecule has 0 radical (unpaired) electrons. The lowest BCUT2D eigenvalue weighted by atomic mass is 10.2. The maximum absolute atomic E-state index is 12.4. The monoisotopic (exact) mass is 306 g/mol. The van der Waals surface area contributed by atoms with E-state index in [1.807, 2.05) is 0 Å². The van der Waals surface area contributed by atoms with Crippen molar-refractivity contribution < 1.29 is 17.9 Å². The zero-order valence-corrected chi connectivity index (χ0v) is 9.84. The highest BCUT2D eigenvalue weighted by Gasteiger charge is 2.30. The van der Waals surface area contributed by atoms with Crippen LogP contribution in [0.15, 0.2) is 35.1 Å². The van der Waals surface area contributed by atoms with E-state index in [0.717, 1.165) is 12.1 Å². The highest BCUT2D eigenvalue weighted by Crippen LogP contribution is 2.32. The Morgan fingerprint density at radius 2 is 2.06 bits per heavy atom. The molecule has 2 aromatic rings. The summed E-state index contributed by atoms with van der Waals surface area (Å²) < 4.78 is 43.0. The van der Waals surface area contributed by atoms with Crippen LogP contribution in [-0.4, -0.2) is 9.97 Å². The Bertz CT molecular complexity index is 524. The molecule has 1 aromatic heterocycles. The Morgan fingerprint density at radius 3 is 2.65 bits per heavy atom. The number of H-pyrrole nitrogens is 1. The Kier molecular flexibility index (Phi) is 3.10. The van der Waals surface area contributed by atoms with Gasteiger partial charge in [0.25, 0.3) is 6.01 Å². The van der Waals surface area contributed by atoms with Gasteiger partial charge in [-0.3, -0.25) is 0 Å². The van der Waals surface area contributed by atoms with Crippen molar-refractivity contribution in [2.75, 3.05) is 0 Å². The second kappa shape index (κ2) is 4.40. The number of ether oxygens (including phenoxy) is 1. The first-order valence-corrected chi connectivity index (χ1v) is 5.30. The van der Waals surface area contributed by atoms with Gasteiger partial charge in [-0.25, -0.2) is 4.98 Å². The van der Waals surface area contributed by atoms with Crippen LogP contribution in [0.25, 0.3) is 0 Å². The molecule has 0 spiro atoms. The molecule has 1 aromatic carbocycles. The number of hydrogen-bond donors (Lipinski definition) is 1. The number of aromatic nitrogens is 2. The summed E-state index contributed by atoms with van der Waals surface area (Å²) >= 11 is 3.11. The van der Waals surface area contributed by atoms with E-state index >= 15 is 0 Å². The lowest BCUT2D eigenvalue weighted by molar-refractivity contribution is -0.137. The van der Waals surface area contributed by atoms with Gasteiger partial charge in [-0.2, -0.15) is 13.2 Å². The second-order valence-electron chi connectivity index (χ2n) is 3.16. The molecule has 0 saturated carbocycles. The van der Waals surface area contributed by atoms with Gasteiger partial charge >= 0.3 is 6.18 Å². The van der Waals surface area contributed by atoms with Crippen LogP contribution in [0, 0.1) is 0 Å². The topological polar surface area (TPSA) is 37.9 Å². The molecule has 0 amide bonds. The van der Waals surface area contributed by atoms with Gasteiger partial charge in [-0.15, -0.1) is 0 Å². The van der Waals surface area contributed by atoms with Crippen molar-refractivity contribution >= 4 is 15.9 Å². The van der Waals surface area contributed by atoms with Crippen LogP contribution in [-0.2, 0) is 6.18 Å². The molecule has 1 N–H and O–H groups in total. The Hall–Kier alpha value is -1.50. The molecule has 0 fully saturated rings. The first kappa shape index (κ1) is 12.0. The van der Waals surface area contributed by atoms with E-state index in [1.54, 1.807) is 0 Å². The minimum Gasteiger partial charge on any atom is -0.426 e. The Morgan fingerprint density at radius 1 is 1.29 bits per heavy atom. The quantitative estimate of drug-likeness (QED) is 0.911. The first-order chi connectivity index (χ1) is 7.95. The summed E-state index contributed by atoms with van der Waals surface area (Å²) in [5, 5.41) is 0. The predicted molar refractivity (Wildman–Crippen MR) is 57.8 cm³/mol. The molecule has 0 bridgehead atoms. The van der Waals surface area contributed by atoms with Crippen molar-refractivity contribution in [3.05, 3.63) is 40.6 Å². The van der Waals surface area contributed by atoms with Gasteiger partial charge in [0.2, 0.25) is 0 Å². The number of imidazole rings is 1. The van der Waals surface area contributed by atoms with Gasteiger partial charge in [-0.1, -0.05) is 6.07 Å². The van der Waals surface area contributed by atoms with Crippen molar-refractivity contribution in [2.24, 2.45) is 0 Å². The molecule has 0 aliphatic rings. The fraction of sp³-hybridized carbons (Fsp3) is 0.100. The van der Waals surface area contributed by atoms with Crippen LogP contribution in [0.4, 0.5) is 13.2 Å². The average molecular weight is 307 g/mol. The van der Waals surface area contributed by atoms with Crippen LogP contribution in [0.5, 0.6) is 11.8 Å². The standard InChI is InChI=1S/C10H6BrF3N2O/c11-8-5-15-9(16-8)17-7-3-1-2-6(4-7)10(12,13)14/h1-5H,(H,15,16). The van der Waals surface area contributed by atoms with Crippen LogP contribution >= 0.6 is 15.9 Å². The van der Waals surface area contributed by atoms with Crippen LogP contribution in [0.3, 0.4) is 0 Å². The van der Waals surface area contributed by atoms with Gasteiger partial charge < -0.3 is 9.72 Å². The molecule has 3 nitrogen and oxygen atoms in total. The molecule has 0 aliphatic carbocycles. The lowest BCUT2D eigenvalue weighted by Crippen LogP contribution is -2.04. The zero-order valence-electron chi connectivity index (χ0n) is 8.25. The van der Waals surface area contributed by atoms with Crippen LogP contribution in [0.2, 0.25) is 0 Å². The minimum atomic E-state index is -4.39. The third-order valence-corrected chi connectivity index (χ3v) is 2.30. The van der Waals surface area contributed by atoms with E-state index in [2.05, 4.69) is 25.9 Å². The molecule has 1 heterocycles. The van der Waals surface area contributed by atoms with Gasteiger partial charge in [0.1, 0.15) is 10.4 Å². The highest BCUT2D eigenvalue weighted by molar-refractivity contribution is 9.10. The minimum absolute atomic E-state index is 0.0710. The van der Waals surface area contributed by atoms with Crippen molar-refractivity contribution in [3.63, 3.8) is 0 Å². The van der Waals surface area contributed by atoms with Crippen LogP contribution in [0.1, 0.15) is 5.56 Å². The van der Waals surface area contributed by atoms with E-state index < -0.39 is 11.7 Å². The van der Waals surface area contributed by atoms with E-state index in [0.29, 0.717) is 4.60 Å². The molecule has 7 heteroatoms. The maximum atomic E-state index is 12.4. The van der Waals surface area contributed by atoms with Crippen LogP contribution < -0.4 is 4.74 Å². The fourth-order valence-electron chi connectivity index (χ4n) is 1.18. The molecule has 2 rings (SSSR count). The summed E-state index contributed by atoms with van der Waals surface area (Å²) in [5.74, 6) is 0.0710. The number of halogens is 4. The zero-order chi connectivity index (χ0) is 12.5. The molecule has 90 valence electrons. The summed E-state index contributed by atoms with van der Waals surface area (Å²) in [4.78, 5) is 6.48. The SMILES string of the molecule is FC(F)(F)c1cccc(Oc2ncc(Br)[nH]2)c1. The van der Waals surface area contributed by atoms with Gasteiger partial charge in [0.05, 0.1) is 11.8 Å². The molecule has 0 atom stereocenters. The van der Waals surface area contributed by atoms with Crippen molar-refractivity contribution in [1.82, 2.24) is 9.97 Å². The van der Waals surface area contributed by atoms with Crippen molar-refractivity contribution in [3.8, 4) is 11.8 Å². The number of alkyl halides is 3. The second-order valence-corrected chi connectivity index (χ2v) is 4.02. The van der Waals surface area contributed by atoms with Gasteiger partial charge in [0, 0.05) is 0 Å². The molecule has 17 heavy (non-hydrogen) atoms. The van der Waals surface area contributed by atoms with Gasteiger partial charge in [-0.05, 0) is 34.1 Å². The number of hydrogen-bond acceptors (Lipinski definition) is 2. The maximum Gasteiger partial charge on any atom is 0.416 e. The molecular formula is C10H6BrF3N2O. The number of nitrogens with one attached hydrogen (secondary N) is 1. The fourth-order valence-corrected chi connectivity index (χ4v) is 1.45. The van der Waals surface area contributed by atoms with Gasteiger partial charge in [0.15, 0.2) is 0 Å².